The van der Waals surface area contributed by atoms with Crippen molar-refractivity contribution >= 4 is 19.9 Å². The monoisotopic (exact) mass is 336 g/mol. The van der Waals surface area contributed by atoms with Crippen LogP contribution in [0.15, 0.2) is 18.1 Å². The topological polar surface area (TPSA) is 47.6 Å². The van der Waals surface area contributed by atoms with Crippen molar-refractivity contribution in [3.05, 3.63) is 23.7 Å². The van der Waals surface area contributed by atoms with Crippen LogP contribution in [0, 0.1) is 0 Å². The van der Waals surface area contributed by atoms with Gasteiger partial charge in [0.2, 0.25) is 0 Å². The van der Waals surface area contributed by atoms with Gasteiger partial charge in [0.15, 0.2) is 16.3 Å². The smallest absolute Gasteiger partial charge is 0.262 e. The van der Waals surface area contributed by atoms with Crippen molar-refractivity contribution in [3.63, 3.8) is 0 Å². The maximum absolute atomic E-state index is 12.1. The highest BCUT2D eigenvalue weighted by Crippen LogP contribution is 2.37. The Morgan fingerprint density at radius 2 is 2.45 bits per heavy atom. The molecule has 2 unspecified atom stereocenters. The molecule has 0 spiro atoms. The van der Waals surface area contributed by atoms with Gasteiger partial charge in [0.05, 0.1) is 13.9 Å². The molecule has 0 radical (unpaired) electrons. The van der Waals surface area contributed by atoms with Gasteiger partial charge in [0, 0.05) is 17.5 Å². The number of carbonyl (C=O) groups excluding carboxylic acids is 1. The molecule has 1 heterocycles. The van der Waals surface area contributed by atoms with Crippen LogP contribution in [0.3, 0.4) is 0 Å². The fourth-order valence-corrected chi connectivity index (χ4v) is 1.80. The molecule has 0 saturated carbocycles. The number of ether oxygens (including phenoxy) is 1. The summed E-state index contributed by atoms with van der Waals surface area (Å²) in [4.78, 5) is 12.1. The summed E-state index contributed by atoms with van der Waals surface area (Å²) in [7, 11) is -4.56. The number of para-hydroxylation sites is 1. The number of amides is 1. The second kappa shape index (κ2) is 6.42. The minimum atomic E-state index is -4.56. The largest absolute Gasteiger partial charge is 0.481 e. The Morgan fingerprint density at radius 3 is 3.14 bits per heavy atom. The molecule has 4 nitrogen and oxygen atoms in total. The minimum Gasteiger partial charge on any atom is -0.481 e. The molecule has 1 aromatic carbocycles. The Labute approximate surface area is 155 Å². The molecular weight excluding hydrogens is 294 g/mol. The van der Waals surface area contributed by atoms with Crippen LogP contribution >= 0.6 is 0 Å². The van der Waals surface area contributed by atoms with E-state index in [0.717, 1.165) is 0 Å². The van der Waals surface area contributed by atoms with Crippen molar-refractivity contribution in [1.82, 2.24) is 0 Å². The molecule has 1 N–H and O–H groups in total. The molecule has 5 heteroatoms. The van der Waals surface area contributed by atoms with Crippen molar-refractivity contribution < 1.29 is 34.6 Å². The third-order valence-electron chi connectivity index (χ3n) is 2.99. The number of hydrogen-bond acceptors (Lipinski definition) is 3. The van der Waals surface area contributed by atoms with E-state index < -0.39 is 93.3 Å². The lowest BCUT2D eigenvalue weighted by atomic mass is 10.1. The summed E-state index contributed by atoms with van der Waals surface area (Å²) in [6.07, 6.45) is -7.50. The van der Waals surface area contributed by atoms with Crippen LogP contribution in [-0.2, 0) is 15.6 Å². The molecule has 22 heavy (non-hydrogen) atoms. The molecule has 2 atom stereocenters. The summed E-state index contributed by atoms with van der Waals surface area (Å²) in [6, 6.07) is -3.07. The van der Waals surface area contributed by atoms with Gasteiger partial charge >= 0.3 is 0 Å². The number of anilines is 1. The second-order valence-electron chi connectivity index (χ2n) is 5.64. The maximum Gasteiger partial charge on any atom is 0.262 e. The fraction of sp³-hybridized carbons (Fsp3) is 0.588. The molecule has 122 valence electrons. The number of carbonyl (C=O) groups is 1. The average molecular weight is 337 g/mol. The number of rotatable bonds is 5. The van der Waals surface area contributed by atoms with E-state index in [2.05, 4.69) is 0 Å². The van der Waals surface area contributed by atoms with E-state index in [1.165, 1.54) is 20.8 Å². The maximum atomic E-state index is 12.1. The van der Waals surface area contributed by atoms with Crippen LogP contribution in [0.1, 0.15) is 51.9 Å². The van der Waals surface area contributed by atoms with Crippen LogP contribution in [0.5, 0.6) is 5.75 Å². The summed E-state index contributed by atoms with van der Waals surface area (Å²) < 4.78 is 133. The van der Waals surface area contributed by atoms with Crippen LogP contribution in [0.25, 0.3) is 0 Å². The molecule has 1 aliphatic rings. The van der Waals surface area contributed by atoms with Crippen molar-refractivity contribution in [2.45, 2.75) is 51.6 Å². The lowest BCUT2D eigenvalue weighted by molar-refractivity contribution is -0.118. The zero-order chi connectivity index (χ0) is 29.3. The molecule has 0 aromatic heterocycles. The summed E-state index contributed by atoms with van der Waals surface area (Å²) >= 11 is 0. The van der Waals surface area contributed by atoms with Gasteiger partial charge in [-0.2, -0.15) is 0 Å². The predicted molar refractivity (Wildman–Crippen MR) is 92.0 cm³/mol. The van der Waals surface area contributed by atoms with E-state index in [1.54, 1.807) is 0 Å². The van der Waals surface area contributed by atoms with Gasteiger partial charge in [-0.15, -0.1) is 0 Å². The van der Waals surface area contributed by atoms with E-state index in [9.17, 15) is 4.79 Å². The van der Waals surface area contributed by atoms with Crippen molar-refractivity contribution in [1.29, 1.82) is 0 Å². The lowest BCUT2D eigenvalue weighted by Crippen LogP contribution is -2.41. The van der Waals surface area contributed by atoms with E-state index in [0.29, 0.717) is 0 Å². The zero-order valence-corrected chi connectivity index (χ0v) is 13.5. The van der Waals surface area contributed by atoms with Gasteiger partial charge in [-0.1, -0.05) is 32.9 Å². The van der Waals surface area contributed by atoms with Gasteiger partial charge in [-0.05, 0) is 42.4 Å². The van der Waals surface area contributed by atoms with Crippen molar-refractivity contribution in [2.24, 2.45) is 0 Å². The predicted octanol–water partition coefficient (Wildman–Crippen LogP) is 3.97. The number of nitrogens with one attached hydrogen (secondary N) is 1. The molecule has 0 saturated heterocycles. The Morgan fingerprint density at radius 1 is 1.64 bits per heavy atom. The number of fused-ring (bicyclic) bond motifs is 1. The lowest BCUT2D eigenvalue weighted by Gasteiger charge is -2.36. The Balaban J connectivity index is 2.85. The van der Waals surface area contributed by atoms with Gasteiger partial charge in [-0.3, -0.25) is 4.79 Å². The Hall–Kier alpha value is -1.33. The minimum absolute atomic E-state index is 0.0110. The van der Waals surface area contributed by atoms with Crippen LogP contribution in [-0.4, -0.2) is 27.4 Å². The summed E-state index contributed by atoms with van der Waals surface area (Å²) in [5.74, 6) is -2.25. The average Bonchev–Trinajstić information content (AvgIpc) is 2.72. The fourth-order valence-electron chi connectivity index (χ4n) is 1.27. The molecule has 0 bridgehead atoms. The summed E-state index contributed by atoms with van der Waals surface area (Å²) in [5.41, 5.74) is -2.00. The number of benzene rings is 1. The molecular formula is C17H27NO3Si. The molecule has 0 aliphatic carbocycles. The van der Waals surface area contributed by atoms with Crippen molar-refractivity contribution in [2.75, 3.05) is 18.5 Å². The first kappa shape index (κ1) is 5.95. The van der Waals surface area contributed by atoms with Gasteiger partial charge in [0.25, 0.3) is 5.91 Å². The molecule has 1 aliphatic heterocycles. The summed E-state index contributed by atoms with van der Waals surface area (Å²) in [5, 5.41) is -1.35. The van der Waals surface area contributed by atoms with Crippen molar-refractivity contribution in [3.8, 4) is 5.75 Å². The molecule has 1 aromatic rings. The highest BCUT2D eigenvalue weighted by Gasteiger charge is 2.36. The van der Waals surface area contributed by atoms with Crippen LogP contribution in [0.2, 0.25) is 19.4 Å². The first-order valence-electron chi connectivity index (χ1n) is 14.1. The second-order valence-corrected chi connectivity index (χ2v) is 9.00. The van der Waals surface area contributed by atoms with E-state index in [-0.39, 0.29) is 5.31 Å². The molecule has 2 rings (SSSR count). The molecule has 0 fully saturated rings. The zero-order valence-electron chi connectivity index (χ0n) is 27.5. The van der Waals surface area contributed by atoms with Gasteiger partial charge < -0.3 is 14.5 Å². The van der Waals surface area contributed by atoms with Crippen LogP contribution in [0.4, 0.5) is 5.69 Å². The first-order chi connectivity index (χ1) is 16.3. The first-order valence-corrected chi connectivity index (χ1v) is 8.51. The standard InChI is InChI=1S/C17H27NO3Si/c1-17(2,3)22(4,5)21-11-7-9-13-8-6-10-14-16(13)20-12-15(19)18-14/h6,8,10H,7,9,11-12H2,1-5H3,(H,18,19)/i4D,5D3,6D,7D2,8D,9D2,10D,11D2,12D/hD. The highest BCUT2D eigenvalue weighted by molar-refractivity contribution is 6.74. The third-order valence-corrected chi connectivity index (χ3v) is 5.86. The van der Waals surface area contributed by atoms with E-state index >= 15 is 0 Å². The normalized spacial score (nSPS) is 33.4. The number of hydrogen-bond donors (Lipinski definition) is 1. The van der Waals surface area contributed by atoms with Gasteiger partial charge in [-0.25, -0.2) is 0 Å². The quantitative estimate of drug-likeness (QED) is 0.828. The van der Waals surface area contributed by atoms with E-state index in [4.69, 9.17) is 29.8 Å². The SMILES string of the molecule is [2H]C[Si](OC([2H])([2H])C([2H])([2H])C([2H])([2H])c1c([2H])c([2H])c([2H])c2c1OC([2H])C(=O)N2[2H])(C([2H])([2H])[2H])C(C)(C)C. The Kier molecular flexibility index (Phi) is 1.74. The highest BCUT2D eigenvalue weighted by atomic mass is 28.4. The Bertz CT molecular complexity index is 1070. The summed E-state index contributed by atoms with van der Waals surface area (Å²) in [6.45, 7) is -5.68. The molecule has 1 amide bonds. The third kappa shape index (κ3) is 3.90. The van der Waals surface area contributed by atoms with Crippen LogP contribution < -0.4 is 10.0 Å². The van der Waals surface area contributed by atoms with E-state index in [1.807, 2.05) is 0 Å². The van der Waals surface area contributed by atoms with Gasteiger partial charge in [0.1, 0.15) is 5.75 Å².